The van der Waals surface area contributed by atoms with Gasteiger partial charge in [-0.15, -0.1) is 24.0 Å². The lowest BCUT2D eigenvalue weighted by Crippen LogP contribution is -2.72. The SMILES string of the molecule is CN=C(NCc1ccc(N(C)C)cc1)N1CC(C)(C)C1(C)C.I. The van der Waals surface area contributed by atoms with E-state index < -0.39 is 0 Å². The van der Waals surface area contributed by atoms with E-state index in [1.807, 2.05) is 7.05 Å². The molecule has 130 valence electrons. The number of nitrogens with one attached hydrogen (secondary N) is 1. The van der Waals surface area contributed by atoms with Crippen molar-refractivity contribution in [3.63, 3.8) is 0 Å². The molecule has 0 saturated carbocycles. The lowest BCUT2D eigenvalue weighted by atomic mass is 9.65. The van der Waals surface area contributed by atoms with Gasteiger partial charge in [-0.2, -0.15) is 0 Å². The van der Waals surface area contributed by atoms with Crippen LogP contribution in [0.2, 0.25) is 0 Å². The van der Waals surface area contributed by atoms with Crippen LogP contribution in [0.3, 0.4) is 0 Å². The van der Waals surface area contributed by atoms with Crippen LogP contribution in [-0.4, -0.2) is 44.1 Å². The number of likely N-dealkylation sites (tertiary alicyclic amines) is 1. The number of anilines is 1. The number of halogens is 1. The van der Waals surface area contributed by atoms with Gasteiger partial charge in [-0.3, -0.25) is 4.99 Å². The minimum atomic E-state index is 0. The monoisotopic (exact) mass is 430 g/mol. The molecule has 1 saturated heterocycles. The van der Waals surface area contributed by atoms with Crippen LogP contribution in [0, 0.1) is 5.41 Å². The molecule has 0 spiro atoms. The van der Waals surface area contributed by atoms with E-state index in [1.165, 1.54) is 11.3 Å². The third-order valence-corrected chi connectivity index (χ3v) is 5.26. The number of benzene rings is 1. The van der Waals surface area contributed by atoms with Gasteiger partial charge in [-0.1, -0.05) is 26.0 Å². The largest absolute Gasteiger partial charge is 0.378 e. The molecular formula is C18H31IN4. The predicted molar refractivity (Wildman–Crippen MR) is 111 cm³/mol. The molecule has 0 aromatic heterocycles. The Morgan fingerprint density at radius 3 is 2.13 bits per heavy atom. The topological polar surface area (TPSA) is 30.9 Å². The van der Waals surface area contributed by atoms with E-state index in [0.29, 0.717) is 5.41 Å². The molecule has 0 bridgehead atoms. The van der Waals surface area contributed by atoms with Crippen LogP contribution in [0.25, 0.3) is 0 Å². The maximum atomic E-state index is 4.46. The molecule has 0 amide bonds. The van der Waals surface area contributed by atoms with Crippen LogP contribution in [0.5, 0.6) is 0 Å². The Morgan fingerprint density at radius 2 is 1.74 bits per heavy atom. The Kier molecular flexibility index (Phi) is 6.35. The molecule has 5 heteroatoms. The average Bonchev–Trinajstić information content (AvgIpc) is 2.47. The summed E-state index contributed by atoms with van der Waals surface area (Å²) >= 11 is 0. The first kappa shape index (κ1) is 20.1. The van der Waals surface area contributed by atoms with Gasteiger partial charge in [0.2, 0.25) is 0 Å². The smallest absolute Gasteiger partial charge is 0.194 e. The zero-order chi connectivity index (χ0) is 16.5. The third-order valence-electron chi connectivity index (χ3n) is 5.26. The minimum Gasteiger partial charge on any atom is -0.378 e. The summed E-state index contributed by atoms with van der Waals surface area (Å²) in [5.74, 6) is 0.987. The van der Waals surface area contributed by atoms with Crippen molar-refractivity contribution in [1.29, 1.82) is 0 Å². The number of rotatable bonds is 3. The normalized spacial score (nSPS) is 18.7. The molecule has 1 aromatic carbocycles. The van der Waals surface area contributed by atoms with Gasteiger partial charge in [0, 0.05) is 50.9 Å². The highest BCUT2D eigenvalue weighted by atomic mass is 127. The van der Waals surface area contributed by atoms with E-state index in [2.05, 4.69) is 86.2 Å². The van der Waals surface area contributed by atoms with Gasteiger partial charge in [0.25, 0.3) is 0 Å². The quantitative estimate of drug-likeness (QED) is 0.452. The van der Waals surface area contributed by atoms with E-state index in [0.717, 1.165) is 19.0 Å². The average molecular weight is 430 g/mol. The van der Waals surface area contributed by atoms with Crippen molar-refractivity contribution in [2.75, 3.05) is 32.6 Å². The minimum absolute atomic E-state index is 0. The second-order valence-electron chi connectivity index (χ2n) is 7.49. The molecule has 1 N–H and O–H groups in total. The van der Waals surface area contributed by atoms with Crippen molar-refractivity contribution in [2.24, 2.45) is 10.4 Å². The highest BCUT2D eigenvalue weighted by Crippen LogP contribution is 2.46. The second-order valence-corrected chi connectivity index (χ2v) is 7.49. The molecule has 1 aliphatic rings. The summed E-state index contributed by atoms with van der Waals surface area (Å²) in [6.45, 7) is 11.0. The first-order valence-corrected chi connectivity index (χ1v) is 7.93. The summed E-state index contributed by atoms with van der Waals surface area (Å²) < 4.78 is 0. The summed E-state index contributed by atoms with van der Waals surface area (Å²) in [5.41, 5.74) is 2.94. The summed E-state index contributed by atoms with van der Waals surface area (Å²) in [7, 11) is 5.98. The van der Waals surface area contributed by atoms with Gasteiger partial charge in [0.05, 0.1) is 0 Å². The first-order valence-electron chi connectivity index (χ1n) is 7.93. The number of guanidine groups is 1. The van der Waals surface area contributed by atoms with E-state index in [9.17, 15) is 0 Å². The molecule has 1 heterocycles. The van der Waals surface area contributed by atoms with Crippen molar-refractivity contribution in [3.8, 4) is 0 Å². The summed E-state index contributed by atoms with van der Waals surface area (Å²) in [4.78, 5) is 8.93. The number of hydrogen-bond donors (Lipinski definition) is 1. The highest BCUT2D eigenvalue weighted by molar-refractivity contribution is 14.0. The Hall–Kier alpha value is -0.980. The van der Waals surface area contributed by atoms with Crippen LogP contribution < -0.4 is 10.2 Å². The van der Waals surface area contributed by atoms with E-state index in [-0.39, 0.29) is 29.5 Å². The molecule has 4 nitrogen and oxygen atoms in total. The van der Waals surface area contributed by atoms with Crippen LogP contribution in [0.1, 0.15) is 33.3 Å². The summed E-state index contributed by atoms with van der Waals surface area (Å²) in [5, 5.41) is 3.49. The van der Waals surface area contributed by atoms with Crippen molar-refractivity contribution >= 4 is 35.6 Å². The van der Waals surface area contributed by atoms with Gasteiger partial charge in [-0.05, 0) is 31.5 Å². The van der Waals surface area contributed by atoms with Crippen molar-refractivity contribution in [1.82, 2.24) is 10.2 Å². The number of nitrogens with zero attached hydrogens (tertiary/aromatic N) is 3. The molecule has 1 aromatic rings. The van der Waals surface area contributed by atoms with Crippen molar-refractivity contribution in [2.45, 2.75) is 39.8 Å². The maximum absolute atomic E-state index is 4.46. The van der Waals surface area contributed by atoms with Crippen LogP contribution in [0.15, 0.2) is 29.3 Å². The number of hydrogen-bond acceptors (Lipinski definition) is 2. The van der Waals surface area contributed by atoms with Crippen LogP contribution >= 0.6 is 24.0 Å². The van der Waals surface area contributed by atoms with Gasteiger partial charge < -0.3 is 15.1 Å². The third kappa shape index (κ3) is 3.92. The Balaban J connectivity index is 0.00000264. The van der Waals surface area contributed by atoms with E-state index in [1.54, 1.807) is 0 Å². The zero-order valence-corrected chi connectivity index (χ0v) is 17.8. The first-order chi connectivity index (χ1) is 10.2. The lowest BCUT2D eigenvalue weighted by molar-refractivity contribution is -0.0667. The van der Waals surface area contributed by atoms with Gasteiger partial charge in [0.1, 0.15) is 0 Å². The molecule has 0 unspecified atom stereocenters. The summed E-state index contributed by atoms with van der Waals surface area (Å²) in [6.07, 6.45) is 0. The fourth-order valence-electron chi connectivity index (χ4n) is 2.79. The fourth-order valence-corrected chi connectivity index (χ4v) is 2.79. The Bertz CT molecular complexity index is 547. The zero-order valence-electron chi connectivity index (χ0n) is 15.5. The highest BCUT2D eigenvalue weighted by Gasteiger charge is 2.53. The fraction of sp³-hybridized carbons (Fsp3) is 0.611. The maximum Gasteiger partial charge on any atom is 0.194 e. The standard InChI is InChI=1S/C18H30N4.HI/c1-17(2)13-22(18(17,3)4)16(19-5)20-12-14-8-10-15(11-9-14)21(6)7;/h8-11H,12-13H2,1-7H3,(H,19,20);1H. The molecule has 0 radical (unpaired) electrons. The molecule has 23 heavy (non-hydrogen) atoms. The van der Waals surface area contributed by atoms with Crippen molar-refractivity contribution in [3.05, 3.63) is 29.8 Å². The molecule has 0 atom stereocenters. The summed E-state index contributed by atoms with van der Waals surface area (Å²) in [6, 6.07) is 8.63. The number of aliphatic imine (C=N–C) groups is 1. The molecule has 1 fully saturated rings. The van der Waals surface area contributed by atoms with Crippen molar-refractivity contribution < 1.29 is 0 Å². The van der Waals surface area contributed by atoms with Gasteiger partial charge in [0.15, 0.2) is 5.96 Å². The Labute approximate surface area is 158 Å². The van der Waals surface area contributed by atoms with Crippen LogP contribution in [0.4, 0.5) is 5.69 Å². The van der Waals surface area contributed by atoms with Gasteiger partial charge in [-0.25, -0.2) is 0 Å². The van der Waals surface area contributed by atoms with Crippen LogP contribution in [-0.2, 0) is 6.54 Å². The molecule has 2 rings (SSSR count). The van der Waals surface area contributed by atoms with E-state index in [4.69, 9.17) is 0 Å². The molecule has 1 aliphatic heterocycles. The van der Waals surface area contributed by atoms with E-state index >= 15 is 0 Å². The van der Waals surface area contributed by atoms with Gasteiger partial charge >= 0.3 is 0 Å². The molecule has 0 aliphatic carbocycles. The Morgan fingerprint density at radius 1 is 1.17 bits per heavy atom. The predicted octanol–water partition coefficient (Wildman–Crippen LogP) is 3.57. The molecular weight excluding hydrogens is 399 g/mol. The lowest BCUT2D eigenvalue weighted by Gasteiger charge is -2.62. The second kappa shape index (κ2) is 7.28.